The Kier molecular flexibility index (Phi) is 3.33. The predicted octanol–water partition coefficient (Wildman–Crippen LogP) is 1.12. The lowest BCUT2D eigenvalue weighted by Gasteiger charge is -2.10. The van der Waals surface area contributed by atoms with Gasteiger partial charge in [-0.25, -0.2) is 0 Å². The second-order valence-electron chi connectivity index (χ2n) is 2.28. The van der Waals surface area contributed by atoms with Gasteiger partial charge in [-0.1, -0.05) is 19.2 Å². The highest BCUT2D eigenvalue weighted by Gasteiger charge is 2.04. The van der Waals surface area contributed by atoms with E-state index in [-0.39, 0.29) is 5.92 Å². The molecule has 0 fully saturated rings. The quantitative estimate of drug-likeness (QED) is 0.572. The fourth-order valence-corrected chi connectivity index (χ4v) is 0.648. The summed E-state index contributed by atoms with van der Waals surface area (Å²) in [5, 5.41) is 0. The SMILES string of the molecule is C=CC(CC(=C)N)C(=C)N. The van der Waals surface area contributed by atoms with Crippen molar-refractivity contribution >= 4 is 0 Å². The van der Waals surface area contributed by atoms with Crippen LogP contribution in [0, 0.1) is 5.92 Å². The Morgan fingerprint density at radius 3 is 2.00 bits per heavy atom. The fourth-order valence-electron chi connectivity index (χ4n) is 0.648. The largest absolute Gasteiger partial charge is 0.402 e. The molecule has 0 aromatic rings. The molecule has 1 unspecified atom stereocenters. The van der Waals surface area contributed by atoms with Crippen LogP contribution in [0.4, 0.5) is 0 Å². The van der Waals surface area contributed by atoms with Crippen LogP contribution in [-0.4, -0.2) is 0 Å². The Hall–Kier alpha value is -1.18. The van der Waals surface area contributed by atoms with Crippen LogP contribution in [0.2, 0.25) is 0 Å². The first-order valence-electron chi connectivity index (χ1n) is 3.08. The molecule has 0 aliphatic rings. The molecule has 0 aliphatic carbocycles. The molecule has 0 rings (SSSR count). The topological polar surface area (TPSA) is 52.0 Å². The molecule has 0 bridgehead atoms. The first-order valence-corrected chi connectivity index (χ1v) is 3.08. The standard InChI is InChI=1S/C8H14N2/c1-4-8(7(3)10)5-6(2)9/h4,8H,1-3,5,9-10H2. The van der Waals surface area contributed by atoms with Crippen LogP contribution in [0.3, 0.4) is 0 Å². The van der Waals surface area contributed by atoms with E-state index >= 15 is 0 Å². The molecule has 0 aromatic heterocycles. The first-order chi connectivity index (χ1) is 4.57. The van der Waals surface area contributed by atoms with E-state index in [9.17, 15) is 0 Å². The molecule has 2 nitrogen and oxygen atoms in total. The second kappa shape index (κ2) is 3.77. The lowest BCUT2D eigenvalue weighted by molar-refractivity contribution is 0.736. The minimum atomic E-state index is 0.0671. The number of hydrogen-bond acceptors (Lipinski definition) is 2. The number of hydrogen-bond donors (Lipinski definition) is 2. The van der Waals surface area contributed by atoms with Crippen LogP contribution >= 0.6 is 0 Å². The van der Waals surface area contributed by atoms with Crippen molar-refractivity contribution in [1.29, 1.82) is 0 Å². The Labute approximate surface area is 61.9 Å². The van der Waals surface area contributed by atoms with Gasteiger partial charge in [-0.2, -0.15) is 0 Å². The lowest BCUT2D eigenvalue weighted by Crippen LogP contribution is -2.11. The first kappa shape index (κ1) is 8.82. The summed E-state index contributed by atoms with van der Waals surface area (Å²) >= 11 is 0. The molecule has 0 aromatic carbocycles. The van der Waals surface area contributed by atoms with Crippen molar-refractivity contribution in [2.45, 2.75) is 6.42 Å². The summed E-state index contributed by atoms with van der Waals surface area (Å²) in [5.74, 6) is 0.0671. The van der Waals surface area contributed by atoms with E-state index in [2.05, 4.69) is 19.7 Å². The maximum absolute atomic E-state index is 5.43. The van der Waals surface area contributed by atoms with Crippen LogP contribution in [0.1, 0.15) is 6.42 Å². The maximum atomic E-state index is 5.43. The highest BCUT2D eigenvalue weighted by Crippen LogP contribution is 2.12. The van der Waals surface area contributed by atoms with Gasteiger partial charge in [0.2, 0.25) is 0 Å². The molecule has 0 spiro atoms. The molecule has 4 N–H and O–H groups in total. The number of nitrogens with two attached hydrogens (primary N) is 2. The average Bonchev–Trinajstić information content (AvgIpc) is 1.81. The van der Waals surface area contributed by atoms with Crippen molar-refractivity contribution < 1.29 is 0 Å². The smallest absolute Gasteiger partial charge is 0.0210 e. The van der Waals surface area contributed by atoms with Gasteiger partial charge in [-0.15, -0.1) is 6.58 Å². The minimum Gasteiger partial charge on any atom is -0.402 e. The fraction of sp³-hybridized carbons (Fsp3) is 0.250. The monoisotopic (exact) mass is 138 g/mol. The normalized spacial score (nSPS) is 12.0. The maximum Gasteiger partial charge on any atom is 0.0210 e. The third-order valence-corrected chi connectivity index (χ3v) is 1.24. The van der Waals surface area contributed by atoms with E-state index in [0.29, 0.717) is 17.8 Å². The molecule has 56 valence electrons. The van der Waals surface area contributed by atoms with Crippen LogP contribution in [0.15, 0.2) is 37.2 Å². The molecule has 0 heterocycles. The molecule has 0 aliphatic heterocycles. The summed E-state index contributed by atoms with van der Waals surface area (Å²) in [6.45, 7) is 10.7. The van der Waals surface area contributed by atoms with Gasteiger partial charge in [-0.05, 0) is 6.42 Å². The highest BCUT2D eigenvalue weighted by molar-refractivity contribution is 5.08. The molecule has 1 atom stereocenters. The van der Waals surface area contributed by atoms with Crippen molar-refractivity contribution in [3.63, 3.8) is 0 Å². The molecular formula is C8H14N2. The van der Waals surface area contributed by atoms with E-state index in [1.54, 1.807) is 6.08 Å². The summed E-state index contributed by atoms with van der Waals surface area (Å²) < 4.78 is 0. The molecule has 0 radical (unpaired) electrons. The zero-order valence-corrected chi connectivity index (χ0v) is 6.14. The minimum absolute atomic E-state index is 0.0671. The van der Waals surface area contributed by atoms with E-state index in [1.807, 2.05) is 0 Å². The van der Waals surface area contributed by atoms with Crippen molar-refractivity contribution in [2.24, 2.45) is 17.4 Å². The van der Waals surface area contributed by atoms with Gasteiger partial charge in [0.1, 0.15) is 0 Å². The van der Waals surface area contributed by atoms with E-state index in [0.717, 1.165) is 0 Å². The van der Waals surface area contributed by atoms with Crippen molar-refractivity contribution in [3.05, 3.63) is 37.2 Å². The van der Waals surface area contributed by atoms with Crippen molar-refractivity contribution in [2.75, 3.05) is 0 Å². The van der Waals surface area contributed by atoms with Gasteiger partial charge in [0.15, 0.2) is 0 Å². The average molecular weight is 138 g/mol. The molecule has 0 saturated heterocycles. The summed E-state index contributed by atoms with van der Waals surface area (Å²) in [4.78, 5) is 0. The molecule has 0 amide bonds. The van der Waals surface area contributed by atoms with Gasteiger partial charge < -0.3 is 11.5 Å². The summed E-state index contributed by atoms with van der Waals surface area (Å²) in [6.07, 6.45) is 2.36. The van der Waals surface area contributed by atoms with E-state index < -0.39 is 0 Å². The van der Waals surface area contributed by atoms with Crippen LogP contribution in [0.5, 0.6) is 0 Å². The predicted molar refractivity (Wildman–Crippen MR) is 45.0 cm³/mol. The Bertz CT molecular complexity index is 159. The lowest BCUT2D eigenvalue weighted by atomic mass is 10.0. The zero-order chi connectivity index (χ0) is 8.15. The van der Waals surface area contributed by atoms with Gasteiger partial charge in [-0.3, -0.25) is 0 Å². The van der Waals surface area contributed by atoms with Crippen LogP contribution < -0.4 is 11.5 Å². The number of allylic oxidation sites excluding steroid dienone is 2. The van der Waals surface area contributed by atoms with Gasteiger partial charge in [0, 0.05) is 17.3 Å². The molecule has 10 heavy (non-hydrogen) atoms. The summed E-state index contributed by atoms with van der Waals surface area (Å²) in [6, 6.07) is 0. The third-order valence-electron chi connectivity index (χ3n) is 1.24. The Balaban J connectivity index is 3.96. The van der Waals surface area contributed by atoms with E-state index in [1.165, 1.54) is 0 Å². The second-order valence-corrected chi connectivity index (χ2v) is 2.28. The van der Waals surface area contributed by atoms with Crippen LogP contribution in [-0.2, 0) is 0 Å². The van der Waals surface area contributed by atoms with E-state index in [4.69, 9.17) is 11.5 Å². The van der Waals surface area contributed by atoms with Gasteiger partial charge in [0.05, 0.1) is 0 Å². The van der Waals surface area contributed by atoms with Gasteiger partial charge in [0.25, 0.3) is 0 Å². The number of rotatable bonds is 4. The van der Waals surface area contributed by atoms with Crippen molar-refractivity contribution in [1.82, 2.24) is 0 Å². The molecule has 0 saturated carbocycles. The highest BCUT2D eigenvalue weighted by atomic mass is 14.6. The Morgan fingerprint density at radius 1 is 1.40 bits per heavy atom. The zero-order valence-electron chi connectivity index (χ0n) is 6.14. The van der Waals surface area contributed by atoms with Crippen LogP contribution in [0.25, 0.3) is 0 Å². The van der Waals surface area contributed by atoms with Crippen molar-refractivity contribution in [3.8, 4) is 0 Å². The molecular weight excluding hydrogens is 124 g/mol. The van der Waals surface area contributed by atoms with Gasteiger partial charge >= 0.3 is 0 Å². The third kappa shape index (κ3) is 2.97. The summed E-state index contributed by atoms with van der Waals surface area (Å²) in [7, 11) is 0. The summed E-state index contributed by atoms with van der Waals surface area (Å²) in [5.41, 5.74) is 12.0. The Morgan fingerprint density at radius 2 is 1.90 bits per heavy atom. The molecule has 2 heteroatoms.